The first-order valence-corrected chi connectivity index (χ1v) is 4.03. The van der Waals surface area contributed by atoms with Gasteiger partial charge < -0.3 is 0 Å². The highest BCUT2D eigenvalue weighted by molar-refractivity contribution is 7.12. The molecule has 1 rings (SSSR count). The van der Waals surface area contributed by atoms with Crippen LogP contribution in [-0.2, 0) is 6.42 Å². The van der Waals surface area contributed by atoms with E-state index in [9.17, 15) is 0 Å². The van der Waals surface area contributed by atoms with E-state index in [4.69, 9.17) is 5.26 Å². The topological polar surface area (TPSA) is 36.7 Å². The van der Waals surface area contributed by atoms with Gasteiger partial charge in [-0.3, -0.25) is 0 Å². The summed E-state index contributed by atoms with van der Waals surface area (Å²) in [6, 6.07) is 2.06. The molecular weight excluding hydrogens is 144 g/mol. The first-order chi connectivity index (χ1) is 4.86. The molecule has 1 aromatic rings. The van der Waals surface area contributed by atoms with Crippen molar-refractivity contribution in [2.75, 3.05) is 0 Å². The van der Waals surface area contributed by atoms with Crippen LogP contribution in [0.25, 0.3) is 0 Å². The summed E-state index contributed by atoms with van der Waals surface area (Å²) in [6.45, 7) is 2.10. The predicted octanol–water partition coefficient (Wildman–Crippen LogP) is 1.97. The van der Waals surface area contributed by atoms with Crippen molar-refractivity contribution < 1.29 is 0 Å². The van der Waals surface area contributed by atoms with Gasteiger partial charge in [-0.15, -0.1) is 11.3 Å². The van der Waals surface area contributed by atoms with Gasteiger partial charge in [0.05, 0.1) is 11.2 Å². The highest BCUT2D eigenvalue weighted by atomic mass is 32.1. The first kappa shape index (κ1) is 7.23. The smallest absolute Gasteiger partial charge is 0.124 e. The third-order valence-electron chi connectivity index (χ3n) is 1.13. The quantitative estimate of drug-likeness (QED) is 0.649. The third kappa shape index (κ3) is 1.55. The summed E-state index contributed by atoms with van der Waals surface area (Å²) in [6.07, 6.45) is 3.72. The molecule has 0 spiro atoms. The van der Waals surface area contributed by atoms with Crippen molar-refractivity contribution in [3.05, 3.63) is 16.1 Å². The Balaban J connectivity index is 2.71. The number of thiazole rings is 1. The Hall–Kier alpha value is -0.880. The Bertz CT molecular complexity index is 246. The second-order valence-electron chi connectivity index (χ2n) is 1.98. The summed E-state index contributed by atoms with van der Waals surface area (Å²) < 4.78 is 0. The molecule has 0 saturated carbocycles. The fourth-order valence-corrected chi connectivity index (χ4v) is 1.51. The molecule has 0 aliphatic heterocycles. The van der Waals surface area contributed by atoms with Gasteiger partial charge in [0.25, 0.3) is 0 Å². The Morgan fingerprint density at radius 1 is 1.80 bits per heavy atom. The van der Waals surface area contributed by atoms with Crippen molar-refractivity contribution in [1.29, 1.82) is 5.26 Å². The van der Waals surface area contributed by atoms with E-state index < -0.39 is 0 Å². The fourth-order valence-electron chi connectivity index (χ4n) is 0.691. The molecule has 1 heterocycles. The van der Waals surface area contributed by atoms with E-state index in [0.29, 0.717) is 4.88 Å². The zero-order chi connectivity index (χ0) is 7.40. The molecule has 3 heteroatoms. The highest BCUT2D eigenvalue weighted by Crippen LogP contribution is 2.12. The summed E-state index contributed by atoms with van der Waals surface area (Å²) in [7, 11) is 0. The lowest BCUT2D eigenvalue weighted by Gasteiger charge is -1.84. The van der Waals surface area contributed by atoms with Crippen molar-refractivity contribution in [3.63, 3.8) is 0 Å². The lowest BCUT2D eigenvalue weighted by Crippen LogP contribution is -1.76. The van der Waals surface area contributed by atoms with Gasteiger partial charge in [-0.05, 0) is 12.8 Å². The van der Waals surface area contributed by atoms with E-state index in [0.717, 1.165) is 17.8 Å². The van der Waals surface area contributed by atoms with E-state index >= 15 is 0 Å². The second kappa shape index (κ2) is 3.33. The molecule has 10 heavy (non-hydrogen) atoms. The van der Waals surface area contributed by atoms with Gasteiger partial charge >= 0.3 is 0 Å². The van der Waals surface area contributed by atoms with E-state index in [-0.39, 0.29) is 0 Å². The maximum atomic E-state index is 8.44. The summed E-state index contributed by atoms with van der Waals surface area (Å²) in [4.78, 5) is 4.78. The largest absolute Gasteiger partial charge is 0.248 e. The van der Waals surface area contributed by atoms with Crippen LogP contribution >= 0.6 is 11.3 Å². The highest BCUT2D eigenvalue weighted by Gasteiger charge is 1.97. The molecular formula is C7H8N2S. The van der Waals surface area contributed by atoms with Gasteiger partial charge in [0.2, 0.25) is 0 Å². The van der Waals surface area contributed by atoms with Gasteiger partial charge in [0.1, 0.15) is 10.9 Å². The van der Waals surface area contributed by atoms with Gasteiger partial charge in [-0.1, -0.05) is 6.92 Å². The Morgan fingerprint density at radius 2 is 2.60 bits per heavy atom. The Kier molecular flexibility index (Phi) is 2.41. The van der Waals surface area contributed by atoms with Crippen molar-refractivity contribution in [3.8, 4) is 6.07 Å². The summed E-state index contributed by atoms with van der Waals surface area (Å²) in [5, 5.41) is 9.51. The number of aryl methyl sites for hydroxylation is 1. The minimum atomic E-state index is 0.712. The standard InChI is InChI=1S/C7H8N2S/c1-2-3-7-9-5-6(4-8)10-7/h5H,2-3H2,1H3. The lowest BCUT2D eigenvalue weighted by atomic mass is 10.4. The van der Waals surface area contributed by atoms with Crippen LogP contribution in [0.2, 0.25) is 0 Å². The summed E-state index contributed by atoms with van der Waals surface area (Å²) >= 11 is 1.49. The van der Waals surface area contributed by atoms with Crippen LogP contribution in [0.3, 0.4) is 0 Å². The summed E-state index contributed by atoms with van der Waals surface area (Å²) in [5.74, 6) is 0. The van der Waals surface area contributed by atoms with Crippen molar-refractivity contribution in [2.24, 2.45) is 0 Å². The summed E-state index contributed by atoms with van der Waals surface area (Å²) in [5.41, 5.74) is 0. The molecule has 0 aliphatic carbocycles. The molecule has 52 valence electrons. The van der Waals surface area contributed by atoms with Crippen LogP contribution < -0.4 is 0 Å². The van der Waals surface area contributed by atoms with E-state index in [1.807, 2.05) is 0 Å². The van der Waals surface area contributed by atoms with Crippen molar-refractivity contribution in [1.82, 2.24) is 4.98 Å². The normalized spacial score (nSPS) is 9.20. The number of aromatic nitrogens is 1. The predicted molar refractivity (Wildman–Crippen MR) is 40.8 cm³/mol. The van der Waals surface area contributed by atoms with Gasteiger partial charge in [0.15, 0.2) is 0 Å². The monoisotopic (exact) mass is 152 g/mol. The first-order valence-electron chi connectivity index (χ1n) is 3.21. The zero-order valence-corrected chi connectivity index (χ0v) is 6.61. The van der Waals surface area contributed by atoms with Crippen LogP contribution in [-0.4, -0.2) is 4.98 Å². The fraction of sp³-hybridized carbons (Fsp3) is 0.429. The number of nitriles is 1. The molecule has 0 saturated heterocycles. The molecule has 0 aromatic carbocycles. The average molecular weight is 152 g/mol. The van der Waals surface area contributed by atoms with E-state index in [2.05, 4.69) is 18.0 Å². The number of hydrogen-bond donors (Lipinski definition) is 0. The maximum Gasteiger partial charge on any atom is 0.124 e. The Labute approximate surface area is 64.1 Å². The molecule has 0 atom stereocenters. The average Bonchev–Trinajstić information content (AvgIpc) is 2.37. The zero-order valence-electron chi connectivity index (χ0n) is 5.79. The van der Waals surface area contributed by atoms with Gasteiger partial charge in [-0.2, -0.15) is 5.26 Å². The number of hydrogen-bond acceptors (Lipinski definition) is 3. The maximum absolute atomic E-state index is 8.44. The molecule has 0 bridgehead atoms. The second-order valence-corrected chi connectivity index (χ2v) is 3.10. The molecule has 2 nitrogen and oxygen atoms in total. The van der Waals surface area contributed by atoms with Crippen molar-refractivity contribution in [2.45, 2.75) is 19.8 Å². The molecule has 0 aliphatic rings. The third-order valence-corrected chi connectivity index (χ3v) is 2.09. The molecule has 0 amide bonds. The number of rotatable bonds is 2. The van der Waals surface area contributed by atoms with Crippen LogP contribution in [0.15, 0.2) is 6.20 Å². The van der Waals surface area contributed by atoms with E-state index in [1.165, 1.54) is 11.3 Å². The van der Waals surface area contributed by atoms with Crippen LogP contribution in [0.1, 0.15) is 23.2 Å². The van der Waals surface area contributed by atoms with Gasteiger partial charge in [0, 0.05) is 0 Å². The van der Waals surface area contributed by atoms with Crippen LogP contribution in [0.5, 0.6) is 0 Å². The lowest BCUT2D eigenvalue weighted by molar-refractivity contribution is 0.909. The van der Waals surface area contributed by atoms with Gasteiger partial charge in [-0.25, -0.2) is 4.98 Å². The van der Waals surface area contributed by atoms with Crippen LogP contribution in [0, 0.1) is 11.3 Å². The molecule has 0 radical (unpaired) electrons. The number of nitrogens with zero attached hydrogens (tertiary/aromatic N) is 2. The minimum absolute atomic E-state index is 0.712. The van der Waals surface area contributed by atoms with Crippen LogP contribution in [0.4, 0.5) is 0 Å². The molecule has 0 fully saturated rings. The SMILES string of the molecule is CCCc1ncc(C#N)s1. The molecule has 1 aromatic heterocycles. The Morgan fingerprint density at radius 3 is 3.10 bits per heavy atom. The van der Waals surface area contributed by atoms with Crippen molar-refractivity contribution >= 4 is 11.3 Å². The molecule has 0 unspecified atom stereocenters. The molecule has 0 N–H and O–H groups in total. The minimum Gasteiger partial charge on any atom is -0.248 e. The van der Waals surface area contributed by atoms with E-state index in [1.54, 1.807) is 6.20 Å².